The summed E-state index contributed by atoms with van der Waals surface area (Å²) in [4.78, 5) is 27.4. The summed E-state index contributed by atoms with van der Waals surface area (Å²) >= 11 is 0. The highest BCUT2D eigenvalue weighted by atomic mass is 16.5. The molecule has 31 heavy (non-hydrogen) atoms. The predicted molar refractivity (Wildman–Crippen MR) is 112 cm³/mol. The summed E-state index contributed by atoms with van der Waals surface area (Å²) in [7, 11) is 1.61. The number of likely N-dealkylation sites (tertiary alicyclic amines) is 1. The van der Waals surface area contributed by atoms with Crippen molar-refractivity contribution in [3.63, 3.8) is 0 Å². The van der Waals surface area contributed by atoms with Crippen molar-refractivity contribution in [2.45, 2.75) is 64.3 Å². The molecular formula is C22H34N4O5. The molecule has 1 aromatic rings. The standard InChI is InChI=1S/C22H34N4O5/c1-13-17(14(2)31-25-13)11-26-10-15(8-21(28)24-16-4-5-16)22-18(26)12-30-19(22)9-20(27)23-6-7-29-3/h15-16,18-19,22H,4-12H2,1-3H3,(H,23,27)(H,24,28)/t15-,18-,19+,22-/m1/s1. The Morgan fingerprint density at radius 2 is 2.03 bits per heavy atom. The summed E-state index contributed by atoms with van der Waals surface area (Å²) in [5, 5.41) is 10.1. The first-order valence-electron chi connectivity index (χ1n) is 11.3. The minimum Gasteiger partial charge on any atom is -0.383 e. The first-order chi connectivity index (χ1) is 15.0. The van der Waals surface area contributed by atoms with Crippen molar-refractivity contribution >= 4 is 11.8 Å². The molecule has 172 valence electrons. The summed E-state index contributed by atoms with van der Waals surface area (Å²) in [6.07, 6.45) is 2.76. The average Bonchev–Trinajstić information content (AvgIpc) is 3.22. The second-order valence-electron chi connectivity index (χ2n) is 9.10. The van der Waals surface area contributed by atoms with Crippen LogP contribution in [0, 0.1) is 25.7 Å². The molecule has 2 amide bonds. The number of ether oxygens (including phenoxy) is 2. The van der Waals surface area contributed by atoms with Crippen molar-refractivity contribution in [3.05, 3.63) is 17.0 Å². The molecule has 0 radical (unpaired) electrons. The van der Waals surface area contributed by atoms with E-state index in [1.54, 1.807) is 7.11 Å². The fourth-order valence-electron chi connectivity index (χ4n) is 5.03. The number of hydrogen-bond donors (Lipinski definition) is 2. The zero-order valence-corrected chi connectivity index (χ0v) is 18.7. The molecule has 2 saturated heterocycles. The lowest BCUT2D eigenvalue weighted by Gasteiger charge is -2.23. The van der Waals surface area contributed by atoms with Gasteiger partial charge in [0, 0.05) is 56.7 Å². The van der Waals surface area contributed by atoms with Crippen LogP contribution < -0.4 is 10.6 Å². The zero-order valence-electron chi connectivity index (χ0n) is 18.7. The molecular weight excluding hydrogens is 400 g/mol. The van der Waals surface area contributed by atoms with E-state index in [2.05, 4.69) is 20.7 Å². The third-order valence-corrected chi connectivity index (χ3v) is 6.78. The number of carbonyl (C=O) groups is 2. The highest BCUT2D eigenvalue weighted by Gasteiger charge is 2.51. The topological polar surface area (TPSA) is 106 Å². The third-order valence-electron chi connectivity index (χ3n) is 6.78. The van der Waals surface area contributed by atoms with Crippen LogP contribution in [0.25, 0.3) is 0 Å². The van der Waals surface area contributed by atoms with Gasteiger partial charge in [0.1, 0.15) is 5.76 Å². The van der Waals surface area contributed by atoms with Gasteiger partial charge in [0.05, 0.1) is 31.4 Å². The lowest BCUT2D eigenvalue weighted by atomic mass is 9.84. The Hall–Kier alpha value is -1.97. The van der Waals surface area contributed by atoms with Crippen LogP contribution in [0.5, 0.6) is 0 Å². The van der Waals surface area contributed by atoms with Gasteiger partial charge in [-0.2, -0.15) is 0 Å². The molecule has 9 heteroatoms. The number of nitrogens with one attached hydrogen (secondary N) is 2. The minimum absolute atomic E-state index is 0.0342. The number of hydrogen-bond acceptors (Lipinski definition) is 7. The van der Waals surface area contributed by atoms with Crippen LogP contribution >= 0.6 is 0 Å². The van der Waals surface area contributed by atoms with Crippen molar-refractivity contribution in [1.82, 2.24) is 20.7 Å². The van der Waals surface area contributed by atoms with Gasteiger partial charge in [-0.25, -0.2) is 0 Å². The van der Waals surface area contributed by atoms with Crippen molar-refractivity contribution in [1.29, 1.82) is 0 Å². The summed E-state index contributed by atoms with van der Waals surface area (Å²) < 4.78 is 16.5. The number of fused-ring (bicyclic) bond motifs is 1. The van der Waals surface area contributed by atoms with Gasteiger partial charge in [-0.15, -0.1) is 0 Å². The molecule has 3 fully saturated rings. The second kappa shape index (κ2) is 9.67. The molecule has 4 atom stereocenters. The second-order valence-corrected chi connectivity index (χ2v) is 9.10. The highest BCUT2D eigenvalue weighted by molar-refractivity contribution is 5.77. The summed E-state index contributed by atoms with van der Waals surface area (Å²) in [6, 6.07) is 0.537. The Bertz CT molecular complexity index is 773. The van der Waals surface area contributed by atoms with Crippen molar-refractivity contribution in [3.8, 4) is 0 Å². The average molecular weight is 435 g/mol. The van der Waals surface area contributed by atoms with Crippen LogP contribution in [0.2, 0.25) is 0 Å². The van der Waals surface area contributed by atoms with Crippen LogP contribution in [-0.2, 0) is 25.6 Å². The Morgan fingerprint density at radius 1 is 1.23 bits per heavy atom. The summed E-state index contributed by atoms with van der Waals surface area (Å²) in [6.45, 7) is 6.96. The molecule has 9 nitrogen and oxygen atoms in total. The number of aryl methyl sites for hydroxylation is 2. The van der Waals surface area contributed by atoms with Gasteiger partial charge in [0.2, 0.25) is 11.8 Å². The monoisotopic (exact) mass is 434 g/mol. The molecule has 4 rings (SSSR count). The summed E-state index contributed by atoms with van der Waals surface area (Å²) in [5.74, 6) is 1.22. The molecule has 1 aliphatic carbocycles. The van der Waals surface area contributed by atoms with Crippen LogP contribution in [0.1, 0.15) is 42.7 Å². The van der Waals surface area contributed by atoms with Gasteiger partial charge in [0.25, 0.3) is 0 Å². The van der Waals surface area contributed by atoms with Gasteiger partial charge < -0.3 is 24.6 Å². The number of carbonyl (C=O) groups excluding carboxylic acids is 2. The van der Waals surface area contributed by atoms with Gasteiger partial charge in [0.15, 0.2) is 0 Å². The number of aromatic nitrogens is 1. The van der Waals surface area contributed by atoms with E-state index in [0.717, 1.165) is 42.9 Å². The van der Waals surface area contributed by atoms with E-state index in [1.807, 2.05) is 13.8 Å². The molecule has 1 saturated carbocycles. The highest BCUT2D eigenvalue weighted by Crippen LogP contribution is 2.42. The van der Waals surface area contributed by atoms with Crippen molar-refractivity contribution < 1.29 is 23.6 Å². The lowest BCUT2D eigenvalue weighted by Crippen LogP contribution is -2.36. The number of amides is 2. The van der Waals surface area contributed by atoms with E-state index in [-0.39, 0.29) is 35.8 Å². The first kappa shape index (κ1) is 22.2. The van der Waals surface area contributed by atoms with Crippen LogP contribution in [0.15, 0.2) is 4.52 Å². The molecule has 3 aliphatic rings. The quantitative estimate of drug-likeness (QED) is 0.528. The smallest absolute Gasteiger partial charge is 0.222 e. The number of methoxy groups -OCH3 is 1. The SMILES string of the molecule is COCCNC(=O)C[C@@H]1OC[C@@H]2[C@H]1[C@H](CC(=O)NC1CC1)CN2Cc1c(C)noc1C. The molecule has 0 aromatic carbocycles. The maximum atomic E-state index is 12.6. The maximum Gasteiger partial charge on any atom is 0.222 e. The molecule has 0 spiro atoms. The molecule has 2 aliphatic heterocycles. The van der Waals surface area contributed by atoms with E-state index in [4.69, 9.17) is 14.0 Å². The van der Waals surface area contributed by atoms with Crippen LogP contribution in [0.3, 0.4) is 0 Å². The Kier molecular flexibility index (Phi) is 6.93. The zero-order chi connectivity index (χ0) is 22.0. The number of nitrogens with zero attached hydrogens (tertiary/aromatic N) is 2. The van der Waals surface area contributed by atoms with E-state index in [0.29, 0.717) is 38.6 Å². The number of rotatable bonds is 10. The van der Waals surface area contributed by atoms with Gasteiger partial charge >= 0.3 is 0 Å². The maximum absolute atomic E-state index is 12.6. The molecule has 3 heterocycles. The van der Waals surface area contributed by atoms with E-state index < -0.39 is 0 Å². The van der Waals surface area contributed by atoms with Crippen molar-refractivity contribution in [2.75, 3.05) is 33.4 Å². The van der Waals surface area contributed by atoms with Crippen molar-refractivity contribution in [2.24, 2.45) is 11.8 Å². The van der Waals surface area contributed by atoms with Gasteiger partial charge in [-0.05, 0) is 32.6 Å². The minimum atomic E-state index is -0.180. The largest absolute Gasteiger partial charge is 0.383 e. The Labute approximate surface area is 183 Å². The molecule has 0 unspecified atom stereocenters. The fourth-order valence-corrected chi connectivity index (χ4v) is 5.03. The van der Waals surface area contributed by atoms with E-state index in [1.165, 1.54) is 0 Å². The molecule has 1 aromatic heterocycles. The molecule has 0 bridgehead atoms. The summed E-state index contributed by atoms with van der Waals surface area (Å²) in [5.41, 5.74) is 2.00. The Balaban J connectivity index is 1.44. The van der Waals surface area contributed by atoms with E-state index >= 15 is 0 Å². The first-order valence-corrected chi connectivity index (χ1v) is 11.3. The lowest BCUT2D eigenvalue weighted by molar-refractivity contribution is -0.124. The van der Waals surface area contributed by atoms with Gasteiger partial charge in [-0.1, -0.05) is 5.16 Å². The normalized spacial score (nSPS) is 28.0. The fraction of sp³-hybridized carbons (Fsp3) is 0.773. The van der Waals surface area contributed by atoms with Crippen LogP contribution in [0.4, 0.5) is 0 Å². The van der Waals surface area contributed by atoms with Gasteiger partial charge in [-0.3, -0.25) is 14.5 Å². The van der Waals surface area contributed by atoms with Crippen LogP contribution in [-0.4, -0.2) is 73.5 Å². The van der Waals surface area contributed by atoms with E-state index in [9.17, 15) is 9.59 Å². The third kappa shape index (κ3) is 5.27. The Morgan fingerprint density at radius 3 is 2.71 bits per heavy atom. The predicted octanol–water partition coefficient (Wildman–Crippen LogP) is 0.928. The molecule has 2 N–H and O–H groups in total.